The van der Waals surface area contributed by atoms with Crippen molar-refractivity contribution in [2.75, 3.05) is 30.6 Å². The van der Waals surface area contributed by atoms with Gasteiger partial charge in [0.2, 0.25) is 11.7 Å². The Morgan fingerprint density at radius 2 is 1.74 bits per heavy atom. The first-order chi connectivity index (χ1) is 20.2. The number of methoxy groups -OCH3 is 2. The number of nitrogens with zero attached hydrogens (tertiary/aromatic N) is 3. The molecule has 1 aliphatic rings. The summed E-state index contributed by atoms with van der Waals surface area (Å²) in [6.07, 6.45) is 0.950. The Morgan fingerprint density at radius 1 is 1.07 bits per heavy atom. The van der Waals surface area contributed by atoms with Gasteiger partial charge in [-0.05, 0) is 55.5 Å². The van der Waals surface area contributed by atoms with Gasteiger partial charge in [-0.1, -0.05) is 50.8 Å². The molecule has 1 aliphatic heterocycles. The molecule has 4 rings (SSSR count). The highest BCUT2D eigenvalue weighted by Crippen LogP contribution is 2.47. The first kappa shape index (κ1) is 31.5. The number of carboxylic acids is 1. The number of Topliss-reactive ketones (excluding diaryl/α,β-unsaturated/α-hetero) is 1. The van der Waals surface area contributed by atoms with Gasteiger partial charge in [0.05, 0.1) is 5.69 Å². The number of hydrogen-bond donors (Lipinski definition) is 3. The Balaban J connectivity index is 2.09. The molecule has 2 unspecified atom stereocenters. The molecule has 2 aromatic carbocycles. The molecule has 0 bridgehead atoms. The number of fused-ring (bicyclic) bond motifs is 1. The normalized spacial score (nSPS) is 18.5. The van der Waals surface area contributed by atoms with Crippen molar-refractivity contribution in [1.29, 1.82) is 0 Å². The summed E-state index contributed by atoms with van der Waals surface area (Å²) in [5.74, 6) is 4.30. The molecule has 10 nitrogen and oxygen atoms in total. The third kappa shape index (κ3) is 5.91. The average molecular weight is 586 g/mol. The Bertz CT molecular complexity index is 1600. The first-order valence-corrected chi connectivity index (χ1v) is 13.9. The van der Waals surface area contributed by atoms with E-state index in [9.17, 15) is 14.7 Å². The van der Waals surface area contributed by atoms with Gasteiger partial charge in [-0.2, -0.15) is 4.98 Å². The third-order valence-corrected chi connectivity index (χ3v) is 7.57. The quantitative estimate of drug-likeness (QED) is 0.270. The second-order valence-electron chi connectivity index (χ2n) is 12.5. The number of nitrogen functional groups attached to an aromatic ring is 2. The van der Waals surface area contributed by atoms with Crippen molar-refractivity contribution < 1.29 is 24.2 Å². The fraction of sp³-hybridized carbons (Fsp3) is 0.394. The lowest BCUT2D eigenvalue weighted by molar-refractivity contribution is -0.172. The van der Waals surface area contributed by atoms with Crippen LogP contribution in [-0.2, 0) is 20.7 Å². The number of ether oxygens (including phenoxy) is 2. The van der Waals surface area contributed by atoms with E-state index in [2.05, 4.69) is 42.6 Å². The molecule has 43 heavy (non-hydrogen) atoms. The monoisotopic (exact) mass is 585 g/mol. The molecule has 0 amide bonds. The van der Waals surface area contributed by atoms with Gasteiger partial charge in [-0.15, -0.1) is 0 Å². The minimum Gasteiger partial charge on any atom is -0.479 e. The minimum absolute atomic E-state index is 0.0128. The van der Waals surface area contributed by atoms with Gasteiger partial charge < -0.3 is 30.9 Å². The van der Waals surface area contributed by atoms with Gasteiger partial charge in [0.1, 0.15) is 5.82 Å². The maximum Gasteiger partial charge on any atom is 0.349 e. The molecule has 10 heteroatoms. The second kappa shape index (κ2) is 11.7. The molecule has 0 fully saturated rings. The van der Waals surface area contributed by atoms with E-state index in [1.54, 1.807) is 6.07 Å². The summed E-state index contributed by atoms with van der Waals surface area (Å²) in [4.78, 5) is 37.7. The summed E-state index contributed by atoms with van der Waals surface area (Å²) >= 11 is 0. The van der Waals surface area contributed by atoms with Gasteiger partial charge in [0, 0.05) is 54.6 Å². The highest BCUT2D eigenvalue weighted by molar-refractivity contribution is 6.21. The van der Waals surface area contributed by atoms with Crippen molar-refractivity contribution in [3.63, 3.8) is 0 Å². The van der Waals surface area contributed by atoms with Crippen LogP contribution < -0.4 is 16.4 Å². The van der Waals surface area contributed by atoms with E-state index in [1.807, 2.05) is 55.1 Å². The van der Waals surface area contributed by atoms with Gasteiger partial charge in [0.25, 0.3) is 5.60 Å². The Labute approximate surface area is 252 Å². The highest BCUT2D eigenvalue weighted by atomic mass is 16.6. The summed E-state index contributed by atoms with van der Waals surface area (Å²) in [6.45, 7) is 10.3. The SMILES string of the molecule is COC1N(C(C)(C)CC(C)(C)C)c2ccc(C#Cc3ccccc3)c(Cc3cnc(N)nc3N)c2C(=O)C1(OC)C(=O)O. The lowest BCUT2D eigenvalue weighted by atomic mass is 9.75. The largest absolute Gasteiger partial charge is 0.479 e. The van der Waals surface area contributed by atoms with Crippen molar-refractivity contribution >= 4 is 29.2 Å². The van der Waals surface area contributed by atoms with Gasteiger partial charge >= 0.3 is 5.97 Å². The van der Waals surface area contributed by atoms with Gasteiger partial charge in [-0.25, -0.2) is 9.78 Å². The first-order valence-electron chi connectivity index (χ1n) is 13.9. The van der Waals surface area contributed by atoms with E-state index in [1.165, 1.54) is 20.4 Å². The highest BCUT2D eigenvalue weighted by Gasteiger charge is 2.63. The van der Waals surface area contributed by atoms with Crippen LogP contribution in [0.25, 0.3) is 0 Å². The standard InChI is InChI=1S/C33H39N5O5/c1-31(2,3)19-32(4,5)38-24-16-15-21(14-13-20-11-9-8-10-12-20)23(17-22-18-36-30(35)37-27(22)34)25(24)26(39)33(43-7,29(40)41)28(38)42-6/h8-12,15-16,18,28H,17,19H2,1-7H3,(H,40,41)(H4,34,35,36,37). The summed E-state index contributed by atoms with van der Waals surface area (Å²) in [5.41, 5.74) is 11.7. The third-order valence-electron chi connectivity index (χ3n) is 7.57. The maximum absolute atomic E-state index is 14.6. The number of carbonyl (C=O) groups is 2. The number of rotatable bonds is 7. The fourth-order valence-electron chi connectivity index (χ4n) is 6.20. The summed E-state index contributed by atoms with van der Waals surface area (Å²) < 4.78 is 11.5. The number of nitrogens with two attached hydrogens (primary N) is 2. The van der Waals surface area contributed by atoms with Crippen molar-refractivity contribution in [3.8, 4) is 11.8 Å². The molecule has 1 aromatic heterocycles. The van der Waals surface area contributed by atoms with Crippen molar-refractivity contribution in [1.82, 2.24) is 9.97 Å². The molecule has 226 valence electrons. The Kier molecular flexibility index (Phi) is 8.54. The summed E-state index contributed by atoms with van der Waals surface area (Å²) in [5, 5.41) is 10.6. The molecular weight excluding hydrogens is 546 g/mol. The van der Waals surface area contributed by atoms with Crippen LogP contribution in [0.2, 0.25) is 0 Å². The topological polar surface area (TPSA) is 154 Å². The average Bonchev–Trinajstić information content (AvgIpc) is 2.92. The summed E-state index contributed by atoms with van der Waals surface area (Å²) in [6, 6.07) is 13.0. The number of benzene rings is 2. The molecule has 5 N–H and O–H groups in total. The molecule has 0 saturated carbocycles. The number of anilines is 3. The molecule has 2 atom stereocenters. The maximum atomic E-state index is 14.6. The zero-order chi connectivity index (χ0) is 31.7. The van der Waals surface area contributed by atoms with Gasteiger partial charge in [-0.3, -0.25) is 4.79 Å². The smallest absolute Gasteiger partial charge is 0.349 e. The van der Waals surface area contributed by atoms with Crippen molar-refractivity contribution in [2.24, 2.45) is 5.41 Å². The lowest BCUT2D eigenvalue weighted by Gasteiger charge is -2.54. The van der Waals surface area contributed by atoms with E-state index in [-0.39, 0.29) is 29.2 Å². The number of aromatic nitrogens is 2. The molecular formula is C33H39N5O5. The van der Waals surface area contributed by atoms with Crippen LogP contribution in [0, 0.1) is 17.3 Å². The molecule has 3 aromatic rings. The number of ketones is 1. The number of carboxylic acid groups (broad SMARTS) is 1. The van der Waals surface area contributed by atoms with Crippen LogP contribution in [0.15, 0.2) is 48.7 Å². The predicted octanol–water partition coefficient (Wildman–Crippen LogP) is 4.29. The number of hydrogen-bond acceptors (Lipinski definition) is 9. The summed E-state index contributed by atoms with van der Waals surface area (Å²) in [7, 11) is 2.59. The van der Waals surface area contributed by atoms with Crippen LogP contribution in [0.5, 0.6) is 0 Å². The number of aliphatic carboxylic acids is 1. The zero-order valence-corrected chi connectivity index (χ0v) is 25.7. The Morgan fingerprint density at radius 3 is 2.30 bits per heavy atom. The van der Waals surface area contributed by atoms with Crippen molar-refractivity contribution in [2.45, 2.75) is 64.8 Å². The Hall–Kier alpha value is -4.46. The van der Waals surface area contributed by atoms with E-state index in [0.717, 1.165) is 5.56 Å². The zero-order valence-electron chi connectivity index (χ0n) is 25.7. The second-order valence-corrected chi connectivity index (χ2v) is 12.5. The minimum atomic E-state index is -2.37. The molecule has 0 radical (unpaired) electrons. The van der Waals surface area contributed by atoms with E-state index in [4.69, 9.17) is 20.9 Å². The van der Waals surface area contributed by atoms with Crippen LogP contribution in [0.4, 0.5) is 17.5 Å². The van der Waals surface area contributed by atoms with Crippen LogP contribution >= 0.6 is 0 Å². The number of carbonyl (C=O) groups excluding carboxylic acids is 1. The van der Waals surface area contributed by atoms with E-state index in [0.29, 0.717) is 28.8 Å². The predicted molar refractivity (Wildman–Crippen MR) is 166 cm³/mol. The van der Waals surface area contributed by atoms with E-state index < -0.39 is 29.1 Å². The molecule has 2 heterocycles. The molecule has 0 saturated heterocycles. The van der Waals surface area contributed by atoms with Crippen LogP contribution in [-0.4, -0.2) is 58.4 Å². The van der Waals surface area contributed by atoms with Crippen molar-refractivity contribution in [3.05, 3.63) is 76.5 Å². The van der Waals surface area contributed by atoms with E-state index >= 15 is 0 Å². The fourth-order valence-corrected chi connectivity index (χ4v) is 6.20. The van der Waals surface area contributed by atoms with Crippen LogP contribution in [0.1, 0.15) is 73.7 Å². The lowest BCUT2D eigenvalue weighted by Crippen LogP contribution is -2.71. The molecule has 0 spiro atoms. The van der Waals surface area contributed by atoms with Crippen LogP contribution in [0.3, 0.4) is 0 Å². The van der Waals surface area contributed by atoms with Gasteiger partial charge in [0.15, 0.2) is 6.23 Å². The molecule has 0 aliphatic carbocycles.